The van der Waals surface area contributed by atoms with Gasteiger partial charge < -0.3 is 10.1 Å². The van der Waals surface area contributed by atoms with Gasteiger partial charge >= 0.3 is 0 Å². The van der Waals surface area contributed by atoms with Gasteiger partial charge in [-0.15, -0.1) is 0 Å². The van der Waals surface area contributed by atoms with E-state index in [1.54, 1.807) is 7.11 Å². The first-order chi connectivity index (χ1) is 8.22. The number of ether oxygens (including phenoxy) is 1. The second kappa shape index (κ2) is 7.22. The quantitative estimate of drug-likeness (QED) is 0.791. The molecule has 0 aliphatic carbocycles. The molecule has 0 aliphatic rings. The molecule has 1 heterocycles. The largest absolute Gasteiger partial charge is 0.384 e. The summed E-state index contributed by atoms with van der Waals surface area (Å²) in [5.41, 5.74) is 2.30. The Labute approximate surface area is 104 Å². The molecular formula is C13H23N3O. The Kier molecular flexibility index (Phi) is 5.91. The molecule has 0 spiro atoms. The Morgan fingerprint density at radius 3 is 2.59 bits per heavy atom. The molecule has 0 saturated carbocycles. The van der Waals surface area contributed by atoms with Gasteiger partial charge in [0.1, 0.15) is 11.6 Å². The van der Waals surface area contributed by atoms with E-state index < -0.39 is 0 Å². The summed E-state index contributed by atoms with van der Waals surface area (Å²) >= 11 is 0. The van der Waals surface area contributed by atoms with Gasteiger partial charge in [0.15, 0.2) is 0 Å². The van der Waals surface area contributed by atoms with Crippen molar-refractivity contribution in [2.75, 3.05) is 25.6 Å². The van der Waals surface area contributed by atoms with Crippen molar-refractivity contribution < 1.29 is 4.74 Å². The fraction of sp³-hybridized carbons (Fsp3) is 0.692. The van der Waals surface area contributed by atoms with E-state index in [0.717, 1.165) is 43.1 Å². The Hall–Kier alpha value is -1.16. The molecule has 0 aliphatic heterocycles. The Morgan fingerprint density at radius 1 is 1.24 bits per heavy atom. The van der Waals surface area contributed by atoms with Crippen molar-refractivity contribution in [3.8, 4) is 0 Å². The van der Waals surface area contributed by atoms with E-state index in [1.807, 2.05) is 6.92 Å². The van der Waals surface area contributed by atoms with Crippen molar-refractivity contribution >= 4 is 5.82 Å². The van der Waals surface area contributed by atoms with Crippen molar-refractivity contribution in [2.45, 2.75) is 40.0 Å². The topological polar surface area (TPSA) is 47.0 Å². The maximum atomic E-state index is 5.06. The lowest BCUT2D eigenvalue weighted by Crippen LogP contribution is -2.11. The van der Waals surface area contributed by atoms with Crippen molar-refractivity contribution in [2.24, 2.45) is 0 Å². The number of rotatable bonds is 7. The highest BCUT2D eigenvalue weighted by atomic mass is 16.5. The summed E-state index contributed by atoms with van der Waals surface area (Å²) in [5, 5.41) is 3.38. The average Bonchev–Trinajstić information content (AvgIpc) is 2.33. The van der Waals surface area contributed by atoms with Gasteiger partial charge in [0, 0.05) is 31.3 Å². The summed E-state index contributed by atoms with van der Waals surface area (Å²) in [6, 6.07) is 0. The van der Waals surface area contributed by atoms with E-state index in [0.29, 0.717) is 6.61 Å². The molecule has 1 N–H and O–H groups in total. The van der Waals surface area contributed by atoms with Gasteiger partial charge in [-0.25, -0.2) is 9.97 Å². The van der Waals surface area contributed by atoms with Crippen molar-refractivity contribution in [1.82, 2.24) is 9.97 Å². The second-order valence-electron chi connectivity index (χ2n) is 4.08. The summed E-state index contributed by atoms with van der Waals surface area (Å²) < 4.78 is 5.06. The van der Waals surface area contributed by atoms with Gasteiger partial charge in [-0.3, -0.25) is 0 Å². The molecule has 1 aromatic heterocycles. The van der Waals surface area contributed by atoms with Crippen LogP contribution in [0.5, 0.6) is 0 Å². The van der Waals surface area contributed by atoms with Crippen LogP contribution in [0.3, 0.4) is 0 Å². The van der Waals surface area contributed by atoms with Gasteiger partial charge in [-0.1, -0.05) is 13.8 Å². The number of aromatic nitrogens is 2. The molecule has 0 amide bonds. The van der Waals surface area contributed by atoms with E-state index in [2.05, 4.69) is 29.1 Å². The molecule has 0 atom stereocenters. The molecule has 4 heteroatoms. The van der Waals surface area contributed by atoms with E-state index in [9.17, 15) is 0 Å². The molecule has 0 unspecified atom stereocenters. The number of anilines is 1. The number of nitrogens with one attached hydrogen (secondary N) is 1. The SMILES string of the molecule is CCCNc1nc(CCOC)nc(C)c1CC. The van der Waals surface area contributed by atoms with Crippen LogP contribution in [0.15, 0.2) is 0 Å². The Balaban J connectivity index is 2.92. The third kappa shape index (κ3) is 3.97. The predicted molar refractivity (Wildman–Crippen MR) is 70.5 cm³/mol. The van der Waals surface area contributed by atoms with Crippen LogP contribution in [-0.4, -0.2) is 30.2 Å². The maximum Gasteiger partial charge on any atom is 0.133 e. The summed E-state index contributed by atoms with van der Waals surface area (Å²) in [4.78, 5) is 9.10. The smallest absolute Gasteiger partial charge is 0.133 e. The highest BCUT2D eigenvalue weighted by molar-refractivity contribution is 5.46. The van der Waals surface area contributed by atoms with Crippen molar-refractivity contribution in [1.29, 1.82) is 0 Å². The van der Waals surface area contributed by atoms with Gasteiger partial charge in [0.2, 0.25) is 0 Å². The molecule has 4 nitrogen and oxygen atoms in total. The van der Waals surface area contributed by atoms with Crippen molar-refractivity contribution in [3.05, 3.63) is 17.1 Å². The number of methoxy groups -OCH3 is 1. The first-order valence-corrected chi connectivity index (χ1v) is 6.32. The third-order valence-corrected chi connectivity index (χ3v) is 2.69. The lowest BCUT2D eigenvalue weighted by Gasteiger charge is -2.13. The molecule has 1 aromatic rings. The maximum absolute atomic E-state index is 5.06. The van der Waals surface area contributed by atoms with Gasteiger partial charge in [-0.05, 0) is 19.8 Å². The molecule has 0 radical (unpaired) electrons. The van der Waals surface area contributed by atoms with E-state index in [-0.39, 0.29) is 0 Å². The van der Waals surface area contributed by atoms with Crippen molar-refractivity contribution in [3.63, 3.8) is 0 Å². The van der Waals surface area contributed by atoms with E-state index in [1.165, 1.54) is 5.56 Å². The Morgan fingerprint density at radius 2 is 2.00 bits per heavy atom. The minimum absolute atomic E-state index is 0.665. The van der Waals surface area contributed by atoms with Crippen LogP contribution >= 0.6 is 0 Å². The Bertz CT molecular complexity index is 353. The number of nitrogens with zero attached hydrogens (tertiary/aromatic N) is 2. The van der Waals surface area contributed by atoms with Gasteiger partial charge in [-0.2, -0.15) is 0 Å². The zero-order valence-electron chi connectivity index (χ0n) is 11.3. The van der Waals surface area contributed by atoms with Crippen LogP contribution in [0.2, 0.25) is 0 Å². The zero-order chi connectivity index (χ0) is 12.7. The first kappa shape index (κ1) is 13.9. The normalized spacial score (nSPS) is 10.6. The standard InChI is InChI=1S/C13H23N3O/c1-5-8-14-13-11(6-2)10(3)15-12(16-13)7-9-17-4/h5-9H2,1-4H3,(H,14,15,16). The summed E-state index contributed by atoms with van der Waals surface area (Å²) in [5.74, 6) is 1.85. The van der Waals surface area contributed by atoms with Crippen LogP contribution in [0.4, 0.5) is 5.82 Å². The van der Waals surface area contributed by atoms with Crippen LogP contribution < -0.4 is 5.32 Å². The predicted octanol–water partition coefficient (Wildman–Crippen LogP) is 2.36. The molecule has 0 fully saturated rings. The van der Waals surface area contributed by atoms with E-state index >= 15 is 0 Å². The summed E-state index contributed by atoms with van der Waals surface area (Å²) in [7, 11) is 1.70. The zero-order valence-corrected chi connectivity index (χ0v) is 11.3. The third-order valence-electron chi connectivity index (χ3n) is 2.69. The minimum atomic E-state index is 0.665. The average molecular weight is 237 g/mol. The molecule has 17 heavy (non-hydrogen) atoms. The number of hydrogen-bond acceptors (Lipinski definition) is 4. The number of aryl methyl sites for hydroxylation is 1. The fourth-order valence-electron chi connectivity index (χ4n) is 1.77. The van der Waals surface area contributed by atoms with E-state index in [4.69, 9.17) is 4.74 Å². The fourth-order valence-corrected chi connectivity index (χ4v) is 1.77. The van der Waals surface area contributed by atoms with Crippen LogP contribution in [0.1, 0.15) is 37.4 Å². The highest BCUT2D eigenvalue weighted by Crippen LogP contribution is 2.17. The minimum Gasteiger partial charge on any atom is -0.384 e. The summed E-state index contributed by atoms with van der Waals surface area (Å²) in [6.07, 6.45) is 2.82. The second-order valence-corrected chi connectivity index (χ2v) is 4.08. The lowest BCUT2D eigenvalue weighted by atomic mass is 10.1. The summed E-state index contributed by atoms with van der Waals surface area (Å²) in [6.45, 7) is 7.95. The van der Waals surface area contributed by atoms with Crippen LogP contribution in [0.25, 0.3) is 0 Å². The van der Waals surface area contributed by atoms with Crippen LogP contribution in [0, 0.1) is 6.92 Å². The lowest BCUT2D eigenvalue weighted by molar-refractivity contribution is 0.200. The highest BCUT2D eigenvalue weighted by Gasteiger charge is 2.09. The molecule has 1 rings (SSSR count). The molecule has 96 valence electrons. The van der Waals surface area contributed by atoms with Gasteiger partial charge in [0.05, 0.1) is 6.61 Å². The molecule has 0 saturated heterocycles. The van der Waals surface area contributed by atoms with Gasteiger partial charge in [0.25, 0.3) is 0 Å². The molecule has 0 bridgehead atoms. The first-order valence-electron chi connectivity index (χ1n) is 6.32. The number of hydrogen-bond donors (Lipinski definition) is 1. The monoisotopic (exact) mass is 237 g/mol. The van der Waals surface area contributed by atoms with Crippen LogP contribution in [-0.2, 0) is 17.6 Å². The molecule has 0 aromatic carbocycles. The molecular weight excluding hydrogens is 214 g/mol.